The van der Waals surface area contributed by atoms with Crippen LogP contribution in [0.5, 0.6) is 5.75 Å². The van der Waals surface area contributed by atoms with Gasteiger partial charge in [0.2, 0.25) is 4.96 Å². The third-order valence-electron chi connectivity index (χ3n) is 5.46. The topological polar surface area (TPSA) is 52.3 Å². The monoisotopic (exact) mass is 474 g/mol. The zero-order chi connectivity index (χ0) is 21.7. The van der Waals surface area contributed by atoms with Gasteiger partial charge in [0.15, 0.2) is 5.82 Å². The SMILES string of the molecule is CCc1cc2c(-c3nn4c(-c5ccccc5-c5ccc(OC)cc5)nnc4s3)csc2s1. The van der Waals surface area contributed by atoms with Crippen molar-refractivity contribution in [2.45, 2.75) is 13.3 Å². The molecule has 0 atom stereocenters. The van der Waals surface area contributed by atoms with Gasteiger partial charge in [0.05, 0.1) is 11.1 Å². The molecule has 0 saturated carbocycles. The summed E-state index contributed by atoms with van der Waals surface area (Å²) < 4.78 is 8.54. The fraction of sp³-hybridized carbons (Fsp3) is 0.125. The predicted molar refractivity (Wildman–Crippen MR) is 134 cm³/mol. The Morgan fingerprint density at radius 2 is 1.75 bits per heavy atom. The molecule has 158 valence electrons. The van der Waals surface area contributed by atoms with Gasteiger partial charge < -0.3 is 4.74 Å². The van der Waals surface area contributed by atoms with Gasteiger partial charge in [-0.15, -0.1) is 32.9 Å². The van der Waals surface area contributed by atoms with Gasteiger partial charge in [0.1, 0.15) is 10.8 Å². The summed E-state index contributed by atoms with van der Waals surface area (Å²) in [6, 6.07) is 18.6. The Morgan fingerprint density at radius 3 is 2.53 bits per heavy atom. The van der Waals surface area contributed by atoms with Crippen LogP contribution < -0.4 is 4.74 Å². The summed E-state index contributed by atoms with van der Waals surface area (Å²) in [6.07, 6.45) is 1.06. The summed E-state index contributed by atoms with van der Waals surface area (Å²) in [4.78, 5) is 2.20. The van der Waals surface area contributed by atoms with Crippen molar-refractivity contribution in [1.82, 2.24) is 19.8 Å². The molecule has 0 aliphatic heterocycles. The molecule has 0 spiro atoms. The van der Waals surface area contributed by atoms with E-state index in [0.717, 1.165) is 44.7 Å². The highest BCUT2D eigenvalue weighted by Crippen LogP contribution is 2.41. The van der Waals surface area contributed by atoms with Crippen LogP contribution in [0.1, 0.15) is 11.8 Å². The van der Waals surface area contributed by atoms with Crippen molar-refractivity contribution in [2.75, 3.05) is 7.11 Å². The number of aryl methyl sites for hydroxylation is 1. The first kappa shape index (κ1) is 19.6. The molecule has 5 nitrogen and oxygen atoms in total. The van der Waals surface area contributed by atoms with Crippen LogP contribution in [0.25, 0.3) is 47.4 Å². The number of aromatic nitrogens is 4. The van der Waals surface area contributed by atoms with E-state index in [2.05, 4.69) is 52.8 Å². The minimum Gasteiger partial charge on any atom is -0.497 e. The van der Waals surface area contributed by atoms with Crippen LogP contribution in [0, 0.1) is 0 Å². The Balaban J connectivity index is 1.47. The van der Waals surface area contributed by atoms with E-state index in [1.165, 1.54) is 19.8 Å². The van der Waals surface area contributed by atoms with Gasteiger partial charge in [-0.05, 0) is 35.7 Å². The molecule has 6 rings (SSSR count). The number of fused-ring (bicyclic) bond motifs is 2. The number of hydrogen-bond acceptors (Lipinski definition) is 7. The first-order chi connectivity index (χ1) is 15.7. The summed E-state index contributed by atoms with van der Waals surface area (Å²) in [5.41, 5.74) is 4.37. The standard InChI is InChI=1S/C24H18N4OS3/c1-3-16-12-19-20(13-30-23(19)31-16)22-27-28-21(25-26-24(28)32-22)18-7-5-4-6-17(18)14-8-10-15(29-2)11-9-14/h4-13H,3H2,1-2H3. The molecular weight excluding hydrogens is 456 g/mol. The lowest BCUT2D eigenvalue weighted by Gasteiger charge is -2.08. The smallest absolute Gasteiger partial charge is 0.235 e. The zero-order valence-corrected chi connectivity index (χ0v) is 19.9. The number of hydrogen-bond donors (Lipinski definition) is 0. The molecule has 0 saturated heterocycles. The lowest BCUT2D eigenvalue weighted by Crippen LogP contribution is -1.93. The van der Waals surface area contributed by atoms with Crippen molar-refractivity contribution >= 4 is 48.4 Å². The summed E-state index contributed by atoms with van der Waals surface area (Å²) in [6.45, 7) is 2.20. The molecule has 32 heavy (non-hydrogen) atoms. The van der Waals surface area contributed by atoms with Gasteiger partial charge in [-0.25, -0.2) is 0 Å². The number of rotatable bonds is 5. The van der Waals surface area contributed by atoms with E-state index in [0.29, 0.717) is 0 Å². The van der Waals surface area contributed by atoms with Crippen molar-refractivity contribution in [3.63, 3.8) is 0 Å². The Bertz CT molecular complexity index is 1560. The van der Waals surface area contributed by atoms with E-state index in [9.17, 15) is 0 Å². The van der Waals surface area contributed by atoms with E-state index in [1.807, 2.05) is 40.1 Å². The van der Waals surface area contributed by atoms with Gasteiger partial charge in [0.25, 0.3) is 0 Å². The zero-order valence-electron chi connectivity index (χ0n) is 17.4. The van der Waals surface area contributed by atoms with E-state index in [4.69, 9.17) is 9.84 Å². The number of nitrogens with zero attached hydrogens (tertiary/aromatic N) is 4. The molecule has 8 heteroatoms. The predicted octanol–water partition coefficient (Wildman–Crippen LogP) is 7.03. The highest BCUT2D eigenvalue weighted by molar-refractivity contribution is 7.38. The summed E-state index contributed by atoms with van der Waals surface area (Å²) in [5, 5.41) is 18.3. The average molecular weight is 475 g/mol. The van der Waals surface area contributed by atoms with Crippen LogP contribution in [0.4, 0.5) is 0 Å². The molecule has 0 aliphatic carbocycles. The number of methoxy groups -OCH3 is 1. The number of benzene rings is 2. The molecule has 0 bridgehead atoms. The maximum Gasteiger partial charge on any atom is 0.235 e. The quantitative estimate of drug-likeness (QED) is 0.269. The Kier molecular flexibility index (Phi) is 4.78. The molecule has 0 aliphatic rings. The van der Waals surface area contributed by atoms with Crippen molar-refractivity contribution in [1.29, 1.82) is 0 Å². The van der Waals surface area contributed by atoms with Crippen LogP contribution >= 0.6 is 34.0 Å². The van der Waals surface area contributed by atoms with Crippen LogP contribution in [0.3, 0.4) is 0 Å². The maximum absolute atomic E-state index is 5.31. The number of ether oxygens (including phenoxy) is 1. The second-order valence-corrected chi connectivity index (χ2v) is 10.5. The van der Waals surface area contributed by atoms with Gasteiger partial charge in [-0.2, -0.15) is 9.61 Å². The first-order valence-electron chi connectivity index (χ1n) is 10.2. The van der Waals surface area contributed by atoms with Crippen molar-refractivity contribution in [3.8, 4) is 38.8 Å². The van der Waals surface area contributed by atoms with Gasteiger partial charge in [0, 0.05) is 26.8 Å². The molecule has 4 aromatic heterocycles. The van der Waals surface area contributed by atoms with E-state index in [1.54, 1.807) is 29.8 Å². The van der Waals surface area contributed by atoms with Crippen LogP contribution in [0.15, 0.2) is 60.0 Å². The molecule has 2 aromatic carbocycles. The van der Waals surface area contributed by atoms with Gasteiger partial charge in [-0.3, -0.25) is 0 Å². The Labute approximate surface area is 196 Å². The Hall–Kier alpha value is -3.07. The van der Waals surface area contributed by atoms with E-state index >= 15 is 0 Å². The normalized spacial score (nSPS) is 11.6. The summed E-state index contributed by atoms with van der Waals surface area (Å²) in [7, 11) is 1.68. The molecule has 0 radical (unpaired) electrons. The first-order valence-corrected chi connectivity index (χ1v) is 12.7. The number of thiophene rings is 2. The van der Waals surface area contributed by atoms with Crippen LogP contribution in [-0.4, -0.2) is 26.9 Å². The minimum atomic E-state index is 0.750. The third kappa shape index (κ3) is 3.14. The van der Waals surface area contributed by atoms with Gasteiger partial charge in [-0.1, -0.05) is 54.7 Å². The molecule has 0 amide bonds. The fourth-order valence-electron chi connectivity index (χ4n) is 3.81. The highest BCUT2D eigenvalue weighted by Gasteiger charge is 2.19. The van der Waals surface area contributed by atoms with E-state index in [-0.39, 0.29) is 0 Å². The molecule has 0 N–H and O–H groups in total. The van der Waals surface area contributed by atoms with Crippen LogP contribution in [-0.2, 0) is 6.42 Å². The lowest BCUT2D eigenvalue weighted by atomic mass is 9.99. The molecule has 0 fully saturated rings. The molecule has 6 aromatic rings. The van der Waals surface area contributed by atoms with Crippen molar-refractivity contribution in [2.24, 2.45) is 0 Å². The fourth-order valence-corrected chi connectivity index (χ4v) is 7.01. The second-order valence-electron chi connectivity index (χ2n) is 7.32. The summed E-state index contributed by atoms with van der Waals surface area (Å²) in [5.74, 6) is 1.59. The van der Waals surface area contributed by atoms with E-state index < -0.39 is 0 Å². The van der Waals surface area contributed by atoms with Crippen molar-refractivity contribution < 1.29 is 4.74 Å². The average Bonchev–Trinajstić information content (AvgIpc) is 3.59. The summed E-state index contributed by atoms with van der Waals surface area (Å²) >= 11 is 5.25. The lowest BCUT2D eigenvalue weighted by molar-refractivity contribution is 0.415. The highest BCUT2D eigenvalue weighted by atomic mass is 32.2. The largest absolute Gasteiger partial charge is 0.497 e. The Morgan fingerprint density at radius 1 is 0.938 bits per heavy atom. The molecule has 4 heterocycles. The maximum atomic E-state index is 5.31. The second kappa shape index (κ2) is 7.81. The van der Waals surface area contributed by atoms with Crippen molar-refractivity contribution in [3.05, 3.63) is 64.9 Å². The van der Waals surface area contributed by atoms with Crippen LogP contribution in [0.2, 0.25) is 0 Å². The third-order valence-corrected chi connectivity index (χ3v) is 8.79. The van der Waals surface area contributed by atoms with Gasteiger partial charge >= 0.3 is 0 Å². The molecule has 0 unspecified atom stereocenters. The minimum absolute atomic E-state index is 0.750. The molecular formula is C24H18N4OS3.